The fourth-order valence-corrected chi connectivity index (χ4v) is 1.44. The van der Waals surface area contributed by atoms with E-state index < -0.39 is 0 Å². The minimum Gasteiger partial charge on any atom is -0.305 e. The van der Waals surface area contributed by atoms with E-state index in [2.05, 4.69) is 19.2 Å². The second kappa shape index (κ2) is 2.48. The zero-order valence-electron chi connectivity index (χ0n) is 5.92. The number of carbonyl (C=O) groups is 1. The number of rotatable bonds is 1. The van der Waals surface area contributed by atoms with Crippen molar-refractivity contribution in [2.75, 3.05) is 0 Å². The Morgan fingerprint density at radius 1 is 1.56 bits per heavy atom. The molecule has 0 aromatic rings. The molecule has 2 heteroatoms. The van der Waals surface area contributed by atoms with E-state index in [0.29, 0.717) is 12.0 Å². The average Bonchev–Trinajstić information content (AvgIpc) is 2.10. The van der Waals surface area contributed by atoms with E-state index in [9.17, 15) is 4.79 Å². The molecule has 1 N–H and O–H groups in total. The summed E-state index contributed by atoms with van der Waals surface area (Å²) in [6.07, 6.45) is 2.14. The lowest BCUT2D eigenvalue weighted by atomic mass is 10.0. The summed E-state index contributed by atoms with van der Waals surface area (Å²) >= 11 is 0. The third-order valence-electron chi connectivity index (χ3n) is 1.96. The van der Waals surface area contributed by atoms with Crippen LogP contribution in [0.5, 0.6) is 0 Å². The lowest BCUT2D eigenvalue weighted by Gasteiger charge is -2.04. The van der Waals surface area contributed by atoms with E-state index in [4.69, 9.17) is 0 Å². The second-order valence-electron chi connectivity index (χ2n) is 2.94. The molecule has 1 aliphatic rings. The van der Waals surface area contributed by atoms with Crippen LogP contribution in [0, 0.1) is 5.92 Å². The largest absolute Gasteiger partial charge is 0.305 e. The van der Waals surface area contributed by atoms with Crippen LogP contribution in [0.4, 0.5) is 0 Å². The Morgan fingerprint density at radius 3 is 2.44 bits per heavy atom. The van der Waals surface area contributed by atoms with E-state index in [1.807, 2.05) is 0 Å². The molecule has 3 atom stereocenters. The van der Waals surface area contributed by atoms with Crippen LogP contribution in [0.1, 0.15) is 20.3 Å². The fraction of sp³-hybridized carbons (Fsp3) is 0.857. The Hall–Kier alpha value is -0.370. The summed E-state index contributed by atoms with van der Waals surface area (Å²) in [6.45, 7) is 4.22. The fourth-order valence-electron chi connectivity index (χ4n) is 1.44. The van der Waals surface area contributed by atoms with Crippen molar-refractivity contribution in [3.05, 3.63) is 0 Å². The third kappa shape index (κ3) is 1.30. The van der Waals surface area contributed by atoms with Gasteiger partial charge in [-0.15, -0.1) is 0 Å². The monoisotopic (exact) mass is 127 g/mol. The summed E-state index contributed by atoms with van der Waals surface area (Å²) in [5, 5.41) is 3.19. The van der Waals surface area contributed by atoms with Gasteiger partial charge in [0.15, 0.2) is 0 Å². The van der Waals surface area contributed by atoms with Gasteiger partial charge in [0, 0.05) is 6.04 Å². The van der Waals surface area contributed by atoms with Crippen molar-refractivity contribution in [3.8, 4) is 0 Å². The quantitative estimate of drug-likeness (QED) is 0.522. The number of carbonyl (C=O) groups excluding carboxylic acids is 1. The first kappa shape index (κ1) is 6.75. The van der Waals surface area contributed by atoms with Crippen molar-refractivity contribution in [2.45, 2.75) is 32.4 Å². The molecule has 0 aromatic heterocycles. The van der Waals surface area contributed by atoms with Gasteiger partial charge < -0.3 is 10.1 Å². The minimum absolute atomic E-state index is 0.111. The summed E-state index contributed by atoms with van der Waals surface area (Å²) in [6, 6.07) is 0.634. The van der Waals surface area contributed by atoms with Crippen LogP contribution < -0.4 is 5.32 Å². The van der Waals surface area contributed by atoms with Gasteiger partial charge in [0.2, 0.25) is 0 Å². The number of hydrogen-bond donors (Lipinski definition) is 1. The molecule has 0 spiro atoms. The number of aldehydes is 1. The minimum atomic E-state index is 0.111. The van der Waals surface area contributed by atoms with Crippen LogP contribution in [-0.2, 0) is 4.79 Å². The second-order valence-corrected chi connectivity index (χ2v) is 2.94. The van der Waals surface area contributed by atoms with E-state index in [1.54, 1.807) is 0 Å². The Labute approximate surface area is 55.6 Å². The van der Waals surface area contributed by atoms with Gasteiger partial charge in [0.25, 0.3) is 0 Å². The van der Waals surface area contributed by atoms with Crippen LogP contribution in [0.3, 0.4) is 0 Å². The number of hydrogen-bond acceptors (Lipinski definition) is 2. The molecule has 2 nitrogen and oxygen atoms in total. The first-order chi connectivity index (χ1) is 4.24. The highest BCUT2D eigenvalue weighted by Gasteiger charge is 2.26. The molecule has 0 radical (unpaired) electrons. The highest BCUT2D eigenvalue weighted by molar-refractivity contribution is 5.58. The van der Waals surface area contributed by atoms with Crippen LogP contribution in [0.15, 0.2) is 0 Å². The molecule has 0 amide bonds. The van der Waals surface area contributed by atoms with Crippen molar-refractivity contribution in [1.82, 2.24) is 5.32 Å². The van der Waals surface area contributed by atoms with Gasteiger partial charge in [-0.05, 0) is 19.3 Å². The average molecular weight is 127 g/mol. The Morgan fingerprint density at radius 2 is 2.22 bits per heavy atom. The standard InChI is InChI=1S/C7H13NO/c1-5-3-6(2)8-7(5)4-9/h4-8H,3H2,1-2H3. The van der Waals surface area contributed by atoms with E-state index in [0.717, 1.165) is 12.7 Å². The van der Waals surface area contributed by atoms with E-state index in [1.165, 1.54) is 0 Å². The molecule has 9 heavy (non-hydrogen) atoms. The highest BCUT2D eigenvalue weighted by Crippen LogP contribution is 2.17. The van der Waals surface area contributed by atoms with Gasteiger partial charge in [0.05, 0.1) is 6.04 Å². The molecule has 52 valence electrons. The first-order valence-electron chi connectivity index (χ1n) is 3.45. The predicted molar refractivity (Wildman–Crippen MR) is 36.2 cm³/mol. The van der Waals surface area contributed by atoms with Crippen molar-refractivity contribution in [3.63, 3.8) is 0 Å². The maximum atomic E-state index is 10.3. The summed E-state index contributed by atoms with van der Waals surface area (Å²) < 4.78 is 0. The maximum Gasteiger partial charge on any atom is 0.137 e. The van der Waals surface area contributed by atoms with Crippen molar-refractivity contribution in [2.24, 2.45) is 5.92 Å². The topological polar surface area (TPSA) is 29.1 Å². The first-order valence-corrected chi connectivity index (χ1v) is 3.45. The van der Waals surface area contributed by atoms with Crippen molar-refractivity contribution >= 4 is 6.29 Å². The maximum absolute atomic E-state index is 10.3. The predicted octanol–water partition coefficient (Wildman–Crippen LogP) is 0.572. The Bertz CT molecular complexity index is 113. The van der Waals surface area contributed by atoms with Crippen LogP contribution in [0.25, 0.3) is 0 Å². The molecule has 0 aromatic carbocycles. The molecular weight excluding hydrogens is 114 g/mol. The summed E-state index contributed by atoms with van der Waals surface area (Å²) in [5.41, 5.74) is 0. The molecular formula is C7H13NO. The van der Waals surface area contributed by atoms with Gasteiger partial charge in [-0.3, -0.25) is 0 Å². The van der Waals surface area contributed by atoms with Gasteiger partial charge in [0.1, 0.15) is 6.29 Å². The Kier molecular flexibility index (Phi) is 1.86. The van der Waals surface area contributed by atoms with Crippen molar-refractivity contribution < 1.29 is 4.79 Å². The Balaban J connectivity index is 2.47. The van der Waals surface area contributed by atoms with Gasteiger partial charge in [-0.1, -0.05) is 6.92 Å². The molecule has 1 saturated heterocycles. The lowest BCUT2D eigenvalue weighted by molar-refractivity contribution is -0.109. The normalized spacial score (nSPS) is 43.1. The van der Waals surface area contributed by atoms with E-state index in [-0.39, 0.29) is 6.04 Å². The smallest absolute Gasteiger partial charge is 0.137 e. The molecule has 1 fully saturated rings. The SMILES string of the molecule is CC1CC(C)C(C=O)N1. The van der Waals surface area contributed by atoms with Crippen molar-refractivity contribution in [1.29, 1.82) is 0 Å². The zero-order chi connectivity index (χ0) is 6.85. The molecule has 0 aliphatic carbocycles. The molecule has 1 heterocycles. The lowest BCUT2D eigenvalue weighted by Crippen LogP contribution is -2.30. The van der Waals surface area contributed by atoms with Gasteiger partial charge in [-0.2, -0.15) is 0 Å². The third-order valence-corrected chi connectivity index (χ3v) is 1.96. The van der Waals surface area contributed by atoms with Crippen LogP contribution in [0.2, 0.25) is 0 Å². The summed E-state index contributed by atoms with van der Waals surface area (Å²) in [5.74, 6) is 0.525. The molecule has 0 saturated carbocycles. The van der Waals surface area contributed by atoms with Gasteiger partial charge >= 0.3 is 0 Å². The van der Waals surface area contributed by atoms with Crippen LogP contribution in [-0.4, -0.2) is 18.4 Å². The highest BCUT2D eigenvalue weighted by atomic mass is 16.1. The summed E-state index contributed by atoms with van der Waals surface area (Å²) in [7, 11) is 0. The zero-order valence-corrected chi connectivity index (χ0v) is 5.92. The van der Waals surface area contributed by atoms with E-state index >= 15 is 0 Å². The molecule has 1 rings (SSSR count). The summed E-state index contributed by atoms with van der Waals surface area (Å²) in [4.78, 5) is 10.3. The van der Waals surface area contributed by atoms with Gasteiger partial charge in [-0.25, -0.2) is 0 Å². The number of nitrogens with one attached hydrogen (secondary N) is 1. The van der Waals surface area contributed by atoms with Crippen LogP contribution >= 0.6 is 0 Å². The molecule has 3 unspecified atom stereocenters. The molecule has 0 bridgehead atoms. The molecule has 1 aliphatic heterocycles.